The Kier molecular flexibility index (Phi) is 5.12. The molecule has 0 bridgehead atoms. The fourth-order valence-electron chi connectivity index (χ4n) is 2.52. The second-order valence-corrected chi connectivity index (χ2v) is 5.52. The van der Waals surface area contributed by atoms with Crippen LogP contribution in [0.25, 0.3) is 6.08 Å². The van der Waals surface area contributed by atoms with Crippen LogP contribution in [0.5, 0.6) is 0 Å². The van der Waals surface area contributed by atoms with E-state index in [4.69, 9.17) is 6.42 Å². The fourth-order valence-corrected chi connectivity index (χ4v) is 2.52. The van der Waals surface area contributed by atoms with E-state index in [1.54, 1.807) is 0 Å². The first-order chi connectivity index (χ1) is 11.8. The first kappa shape index (κ1) is 15.6. The first-order valence-corrected chi connectivity index (χ1v) is 7.96. The van der Waals surface area contributed by atoms with Gasteiger partial charge in [-0.05, 0) is 35.4 Å². The number of terminal acetylenes is 1. The molecule has 0 radical (unpaired) electrons. The number of benzene rings is 3. The molecule has 0 aliphatic carbocycles. The smallest absolute Gasteiger partial charge is 0.0701 e. The Labute approximate surface area is 143 Å². The van der Waals surface area contributed by atoms with E-state index in [-0.39, 0.29) is 6.04 Å². The van der Waals surface area contributed by atoms with Crippen LogP contribution in [0, 0.1) is 12.3 Å². The van der Waals surface area contributed by atoms with E-state index in [0.29, 0.717) is 0 Å². The number of hydrogen-bond donors (Lipinski definition) is 1. The largest absolute Gasteiger partial charge is 0.375 e. The molecule has 0 saturated heterocycles. The van der Waals surface area contributed by atoms with Gasteiger partial charge in [0.1, 0.15) is 0 Å². The number of nitrogens with one attached hydrogen (secondary N) is 1. The molecule has 3 aromatic carbocycles. The second-order valence-electron chi connectivity index (χ2n) is 5.52. The van der Waals surface area contributed by atoms with Gasteiger partial charge in [0.15, 0.2) is 0 Å². The molecule has 0 aliphatic rings. The van der Waals surface area contributed by atoms with Gasteiger partial charge in [-0.3, -0.25) is 0 Å². The molecule has 3 aromatic rings. The van der Waals surface area contributed by atoms with E-state index in [0.717, 1.165) is 11.3 Å². The molecule has 0 heterocycles. The summed E-state index contributed by atoms with van der Waals surface area (Å²) in [5, 5.41) is 3.56. The van der Waals surface area contributed by atoms with Crippen molar-refractivity contribution < 1.29 is 0 Å². The van der Waals surface area contributed by atoms with Gasteiger partial charge in [-0.2, -0.15) is 0 Å². The Morgan fingerprint density at radius 3 is 2.04 bits per heavy atom. The maximum Gasteiger partial charge on any atom is 0.0701 e. The first-order valence-electron chi connectivity index (χ1n) is 7.96. The number of hydrogen-bond acceptors (Lipinski definition) is 1. The lowest BCUT2D eigenvalue weighted by molar-refractivity contribution is 0.990. The third kappa shape index (κ3) is 4.15. The predicted molar refractivity (Wildman–Crippen MR) is 103 cm³/mol. The van der Waals surface area contributed by atoms with Gasteiger partial charge in [-0.25, -0.2) is 0 Å². The van der Waals surface area contributed by atoms with Crippen LogP contribution in [0.4, 0.5) is 5.69 Å². The molecule has 0 aromatic heterocycles. The molecule has 1 heteroatoms. The minimum Gasteiger partial charge on any atom is -0.375 e. The SMILES string of the molecule is C#Cc1ccc(NC(/C=C/c2ccccc2)c2ccccc2)cc1. The summed E-state index contributed by atoms with van der Waals surface area (Å²) in [6, 6.07) is 28.7. The van der Waals surface area contributed by atoms with Crippen LogP contribution in [-0.2, 0) is 0 Å². The molecular formula is C23H19N. The van der Waals surface area contributed by atoms with Crippen molar-refractivity contribution in [2.24, 2.45) is 0 Å². The lowest BCUT2D eigenvalue weighted by Gasteiger charge is -2.17. The highest BCUT2D eigenvalue weighted by Gasteiger charge is 2.07. The predicted octanol–water partition coefficient (Wildman–Crippen LogP) is 5.53. The van der Waals surface area contributed by atoms with Gasteiger partial charge < -0.3 is 5.32 Å². The maximum atomic E-state index is 5.42. The van der Waals surface area contributed by atoms with E-state index >= 15 is 0 Å². The van der Waals surface area contributed by atoms with Crippen LogP contribution in [0.15, 0.2) is 91.0 Å². The Hall–Kier alpha value is -3.24. The topological polar surface area (TPSA) is 12.0 Å². The van der Waals surface area contributed by atoms with Crippen molar-refractivity contribution in [1.82, 2.24) is 0 Å². The van der Waals surface area contributed by atoms with Gasteiger partial charge in [0, 0.05) is 11.3 Å². The summed E-state index contributed by atoms with van der Waals surface area (Å²) in [4.78, 5) is 0. The molecule has 24 heavy (non-hydrogen) atoms. The van der Waals surface area contributed by atoms with Crippen molar-refractivity contribution >= 4 is 11.8 Å². The molecule has 1 unspecified atom stereocenters. The van der Waals surface area contributed by atoms with Crippen LogP contribution in [0.1, 0.15) is 22.7 Å². The summed E-state index contributed by atoms with van der Waals surface area (Å²) in [6.45, 7) is 0. The van der Waals surface area contributed by atoms with Crippen LogP contribution in [-0.4, -0.2) is 0 Å². The fraction of sp³-hybridized carbons (Fsp3) is 0.0435. The van der Waals surface area contributed by atoms with Crippen LogP contribution in [0.2, 0.25) is 0 Å². The summed E-state index contributed by atoms with van der Waals surface area (Å²) in [5.41, 5.74) is 4.32. The lowest BCUT2D eigenvalue weighted by Crippen LogP contribution is -2.07. The van der Waals surface area contributed by atoms with Crippen LogP contribution < -0.4 is 5.32 Å². The molecule has 1 N–H and O–H groups in total. The highest BCUT2D eigenvalue weighted by Crippen LogP contribution is 2.22. The lowest BCUT2D eigenvalue weighted by atomic mass is 10.0. The molecule has 0 aliphatic heterocycles. The summed E-state index contributed by atoms with van der Waals surface area (Å²) >= 11 is 0. The molecule has 116 valence electrons. The molecule has 0 saturated carbocycles. The molecule has 0 amide bonds. The van der Waals surface area contributed by atoms with Gasteiger partial charge >= 0.3 is 0 Å². The van der Waals surface area contributed by atoms with Gasteiger partial charge in [0.25, 0.3) is 0 Å². The number of anilines is 1. The summed E-state index contributed by atoms with van der Waals surface area (Å²) in [7, 11) is 0. The average Bonchev–Trinajstić information content (AvgIpc) is 2.67. The van der Waals surface area contributed by atoms with Crippen molar-refractivity contribution in [2.45, 2.75) is 6.04 Å². The van der Waals surface area contributed by atoms with E-state index in [1.807, 2.05) is 48.5 Å². The van der Waals surface area contributed by atoms with Gasteiger partial charge in [-0.15, -0.1) is 6.42 Å². The summed E-state index contributed by atoms with van der Waals surface area (Å²) in [6.07, 6.45) is 9.74. The molecule has 0 fully saturated rings. The van der Waals surface area contributed by atoms with Crippen molar-refractivity contribution in [3.05, 3.63) is 108 Å². The van der Waals surface area contributed by atoms with Gasteiger partial charge in [0.2, 0.25) is 0 Å². The molecule has 1 atom stereocenters. The van der Waals surface area contributed by atoms with Crippen LogP contribution in [0.3, 0.4) is 0 Å². The normalized spacial score (nSPS) is 11.8. The molecule has 3 rings (SSSR count). The highest BCUT2D eigenvalue weighted by molar-refractivity contribution is 5.55. The Bertz CT molecular complexity index is 825. The Balaban J connectivity index is 1.84. The average molecular weight is 309 g/mol. The second kappa shape index (κ2) is 7.85. The van der Waals surface area contributed by atoms with Crippen LogP contribution >= 0.6 is 0 Å². The van der Waals surface area contributed by atoms with Crippen molar-refractivity contribution in [3.8, 4) is 12.3 Å². The zero-order valence-electron chi connectivity index (χ0n) is 13.4. The molecule has 0 spiro atoms. The minimum atomic E-state index is 0.0862. The molecule has 1 nitrogen and oxygen atoms in total. The highest BCUT2D eigenvalue weighted by atomic mass is 14.9. The Morgan fingerprint density at radius 1 is 0.792 bits per heavy atom. The van der Waals surface area contributed by atoms with Gasteiger partial charge in [0.05, 0.1) is 6.04 Å². The van der Waals surface area contributed by atoms with Crippen molar-refractivity contribution in [2.75, 3.05) is 5.32 Å². The van der Waals surface area contributed by atoms with E-state index in [9.17, 15) is 0 Å². The third-order valence-corrected chi connectivity index (χ3v) is 3.81. The minimum absolute atomic E-state index is 0.0862. The standard InChI is InChI=1S/C23H19N/c1-2-19-13-16-22(17-14-19)24-23(21-11-7-4-8-12-21)18-15-20-9-5-3-6-10-20/h1,3-18,23-24H/b18-15+. The quantitative estimate of drug-likeness (QED) is 0.611. The van der Waals surface area contributed by atoms with E-state index in [1.165, 1.54) is 11.1 Å². The Morgan fingerprint density at radius 2 is 1.42 bits per heavy atom. The van der Waals surface area contributed by atoms with Crippen molar-refractivity contribution in [1.29, 1.82) is 0 Å². The summed E-state index contributed by atoms with van der Waals surface area (Å²) in [5.74, 6) is 2.64. The molecular weight excluding hydrogens is 290 g/mol. The van der Waals surface area contributed by atoms with Gasteiger partial charge in [-0.1, -0.05) is 78.7 Å². The third-order valence-electron chi connectivity index (χ3n) is 3.81. The monoisotopic (exact) mass is 309 g/mol. The zero-order chi connectivity index (χ0) is 16.6. The van der Waals surface area contributed by atoms with E-state index in [2.05, 4.69) is 59.8 Å². The number of rotatable bonds is 5. The summed E-state index contributed by atoms with van der Waals surface area (Å²) < 4.78 is 0. The maximum absolute atomic E-state index is 5.42. The van der Waals surface area contributed by atoms with Crippen molar-refractivity contribution in [3.63, 3.8) is 0 Å². The zero-order valence-corrected chi connectivity index (χ0v) is 13.4. The van der Waals surface area contributed by atoms with E-state index < -0.39 is 0 Å².